The van der Waals surface area contributed by atoms with E-state index in [-0.39, 0.29) is 16.0 Å². The number of rotatable bonds is 3. The second-order valence-electron chi connectivity index (χ2n) is 5.13. The van der Waals surface area contributed by atoms with Crippen LogP contribution in [0.5, 0.6) is 0 Å². The molecule has 1 aliphatic carbocycles. The van der Waals surface area contributed by atoms with Gasteiger partial charge in [-0.1, -0.05) is 31.4 Å². The van der Waals surface area contributed by atoms with Gasteiger partial charge in [-0.05, 0) is 46.7 Å². The molecule has 1 aromatic carbocycles. The summed E-state index contributed by atoms with van der Waals surface area (Å²) in [5.41, 5.74) is 1.13. The Kier molecular flexibility index (Phi) is 5.22. The highest BCUT2D eigenvalue weighted by atomic mass is 79.9. The molecular weight excluding hydrogens is 330 g/mol. The fourth-order valence-corrected chi connectivity index (χ4v) is 3.66. The van der Waals surface area contributed by atoms with E-state index in [2.05, 4.69) is 15.9 Å². The second kappa shape index (κ2) is 6.71. The monoisotopic (exact) mass is 345 g/mol. The van der Waals surface area contributed by atoms with Crippen molar-refractivity contribution in [3.8, 4) is 0 Å². The number of hydrogen-bond acceptors (Lipinski definition) is 2. The van der Waals surface area contributed by atoms with E-state index in [1.807, 2.05) is 6.07 Å². The lowest BCUT2D eigenvalue weighted by Crippen LogP contribution is -2.16. The number of alkyl halides is 1. The van der Waals surface area contributed by atoms with Gasteiger partial charge in [0.2, 0.25) is 0 Å². The van der Waals surface area contributed by atoms with Crippen LogP contribution in [0.3, 0.4) is 0 Å². The number of nitro groups is 1. The Labute approximate surface area is 126 Å². The average molecular weight is 347 g/mol. The highest BCUT2D eigenvalue weighted by Gasteiger charge is 2.24. The molecule has 1 saturated carbocycles. The molecule has 19 heavy (non-hydrogen) atoms. The molecule has 0 bridgehead atoms. The molecule has 0 spiro atoms. The first-order chi connectivity index (χ1) is 9.09. The number of benzene rings is 1. The Hall–Kier alpha value is -0.610. The molecule has 3 nitrogen and oxygen atoms in total. The predicted octanol–water partition coefficient (Wildman–Crippen LogP) is 5.09. The Morgan fingerprint density at radius 1 is 1.32 bits per heavy atom. The van der Waals surface area contributed by atoms with E-state index in [0.717, 1.165) is 24.8 Å². The largest absolute Gasteiger partial charge is 0.283 e. The minimum Gasteiger partial charge on any atom is -0.258 e. The van der Waals surface area contributed by atoms with E-state index in [4.69, 9.17) is 11.6 Å². The van der Waals surface area contributed by atoms with E-state index in [0.29, 0.717) is 10.4 Å². The molecule has 2 unspecified atom stereocenters. The molecule has 0 amide bonds. The van der Waals surface area contributed by atoms with Gasteiger partial charge in [-0.15, -0.1) is 11.6 Å². The number of halogens is 2. The van der Waals surface area contributed by atoms with Crippen LogP contribution in [0, 0.1) is 16.0 Å². The van der Waals surface area contributed by atoms with Gasteiger partial charge in [-0.25, -0.2) is 0 Å². The molecule has 0 saturated heterocycles. The van der Waals surface area contributed by atoms with Crippen molar-refractivity contribution in [2.75, 3.05) is 0 Å². The van der Waals surface area contributed by atoms with Gasteiger partial charge in [0.05, 0.1) is 9.40 Å². The highest BCUT2D eigenvalue weighted by molar-refractivity contribution is 9.10. The highest BCUT2D eigenvalue weighted by Crippen LogP contribution is 2.34. The summed E-state index contributed by atoms with van der Waals surface area (Å²) < 4.78 is 0.605. The van der Waals surface area contributed by atoms with Crippen molar-refractivity contribution in [1.82, 2.24) is 0 Å². The zero-order valence-corrected chi connectivity index (χ0v) is 13.0. The van der Waals surface area contributed by atoms with Crippen molar-refractivity contribution in [2.45, 2.75) is 43.9 Å². The summed E-state index contributed by atoms with van der Waals surface area (Å²) in [7, 11) is 0. The van der Waals surface area contributed by atoms with Crippen LogP contribution in [0.2, 0.25) is 0 Å². The normalized spacial score (nSPS) is 23.9. The van der Waals surface area contributed by atoms with Gasteiger partial charge in [0.25, 0.3) is 5.69 Å². The summed E-state index contributed by atoms with van der Waals surface area (Å²) in [6.45, 7) is 0. The van der Waals surface area contributed by atoms with Crippen molar-refractivity contribution >= 4 is 33.2 Å². The predicted molar refractivity (Wildman–Crippen MR) is 80.7 cm³/mol. The molecule has 0 N–H and O–H groups in total. The number of hydrogen-bond donors (Lipinski definition) is 0. The maximum Gasteiger partial charge on any atom is 0.283 e. The lowest BCUT2D eigenvalue weighted by Gasteiger charge is -2.20. The van der Waals surface area contributed by atoms with Crippen molar-refractivity contribution in [3.05, 3.63) is 38.3 Å². The Balaban J connectivity index is 2.18. The number of nitrogens with zero attached hydrogens (tertiary/aromatic N) is 1. The van der Waals surface area contributed by atoms with Crippen LogP contribution >= 0.6 is 27.5 Å². The molecule has 1 fully saturated rings. The molecule has 104 valence electrons. The molecular formula is C14H17BrClNO2. The molecule has 0 heterocycles. The summed E-state index contributed by atoms with van der Waals surface area (Å²) in [5.74, 6) is 0.419. The van der Waals surface area contributed by atoms with Gasteiger partial charge in [0.1, 0.15) is 0 Å². The smallest absolute Gasteiger partial charge is 0.258 e. The Morgan fingerprint density at radius 3 is 2.79 bits per heavy atom. The zero-order chi connectivity index (χ0) is 13.8. The van der Waals surface area contributed by atoms with Gasteiger partial charge in [0, 0.05) is 11.4 Å². The maximum absolute atomic E-state index is 10.9. The van der Waals surface area contributed by atoms with Gasteiger partial charge in [-0.2, -0.15) is 0 Å². The molecule has 2 atom stereocenters. The lowest BCUT2D eigenvalue weighted by atomic mass is 9.92. The van der Waals surface area contributed by atoms with Gasteiger partial charge in [0.15, 0.2) is 0 Å². The average Bonchev–Trinajstić information content (AvgIpc) is 2.57. The molecule has 0 radical (unpaired) electrons. The molecule has 0 aliphatic heterocycles. The number of nitro benzene ring substituents is 1. The van der Waals surface area contributed by atoms with E-state index < -0.39 is 0 Å². The van der Waals surface area contributed by atoms with E-state index >= 15 is 0 Å². The van der Waals surface area contributed by atoms with Crippen molar-refractivity contribution in [3.63, 3.8) is 0 Å². The van der Waals surface area contributed by atoms with Crippen LogP contribution in [0.15, 0.2) is 22.7 Å². The van der Waals surface area contributed by atoms with Crippen LogP contribution in [-0.2, 0) is 6.42 Å². The van der Waals surface area contributed by atoms with Crippen LogP contribution in [-0.4, -0.2) is 10.3 Å². The van der Waals surface area contributed by atoms with Crippen LogP contribution in [0.1, 0.15) is 37.7 Å². The summed E-state index contributed by atoms with van der Waals surface area (Å²) in [5, 5.41) is 11.1. The summed E-state index contributed by atoms with van der Waals surface area (Å²) in [6.07, 6.45) is 6.63. The van der Waals surface area contributed by atoms with Crippen LogP contribution < -0.4 is 0 Å². The SMILES string of the molecule is O=[N+]([O-])c1cccc(CC2CCCCCC2Cl)c1Br. The zero-order valence-electron chi connectivity index (χ0n) is 10.6. The lowest BCUT2D eigenvalue weighted by molar-refractivity contribution is -0.385. The first-order valence-corrected chi connectivity index (χ1v) is 7.88. The van der Waals surface area contributed by atoms with Crippen molar-refractivity contribution in [2.24, 2.45) is 5.92 Å². The fourth-order valence-electron chi connectivity index (χ4n) is 2.72. The minimum atomic E-state index is -0.348. The molecule has 5 heteroatoms. The summed E-state index contributed by atoms with van der Waals surface area (Å²) in [6, 6.07) is 5.22. The third-order valence-corrected chi connectivity index (χ3v) is 5.29. The standard InChI is InChI=1S/C14H17BrClNO2/c15-14-11(6-4-8-13(14)17(18)19)9-10-5-2-1-3-7-12(10)16/h4,6,8,10,12H,1-3,5,7,9H2. The minimum absolute atomic E-state index is 0.136. The first-order valence-electron chi connectivity index (χ1n) is 6.65. The molecule has 1 aliphatic rings. The second-order valence-corrected chi connectivity index (χ2v) is 6.48. The van der Waals surface area contributed by atoms with Gasteiger partial charge in [-0.3, -0.25) is 10.1 Å². The van der Waals surface area contributed by atoms with E-state index in [1.165, 1.54) is 25.3 Å². The summed E-state index contributed by atoms with van der Waals surface area (Å²) in [4.78, 5) is 10.6. The third kappa shape index (κ3) is 3.69. The van der Waals surface area contributed by atoms with E-state index in [1.54, 1.807) is 6.07 Å². The maximum atomic E-state index is 10.9. The Morgan fingerprint density at radius 2 is 2.05 bits per heavy atom. The van der Waals surface area contributed by atoms with Crippen molar-refractivity contribution in [1.29, 1.82) is 0 Å². The quantitative estimate of drug-likeness (QED) is 0.331. The van der Waals surface area contributed by atoms with Crippen LogP contribution in [0.4, 0.5) is 5.69 Å². The van der Waals surface area contributed by atoms with E-state index in [9.17, 15) is 10.1 Å². The molecule has 0 aromatic heterocycles. The van der Waals surface area contributed by atoms with Gasteiger partial charge >= 0.3 is 0 Å². The Bertz CT molecular complexity index is 467. The topological polar surface area (TPSA) is 43.1 Å². The fraction of sp³-hybridized carbons (Fsp3) is 0.571. The summed E-state index contributed by atoms with van der Waals surface area (Å²) >= 11 is 9.81. The first kappa shape index (κ1) is 14.8. The van der Waals surface area contributed by atoms with Crippen molar-refractivity contribution < 1.29 is 4.92 Å². The third-order valence-electron chi connectivity index (χ3n) is 3.80. The molecule has 1 aromatic rings. The molecule has 2 rings (SSSR count). The van der Waals surface area contributed by atoms with Crippen LogP contribution in [0.25, 0.3) is 0 Å². The van der Waals surface area contributed by atoms with Gasteiger partial charge < -0.3 is 0 Å².